The minimum atomic E-state index is -1.39. The molecule has 18 heavy (non-hydrogen) atoms. The Morgan fingerprint density at radius 2 is 1.94 bits per heavy atom. The third-order valence-electron chi connectivity index (χ3n) is 2.46. The Morgan fingerprint density at radius 3 is 2.61 bits per heavy atom. The van der Waals surface area contributed by atoms with Crippen molar-refractivity contribution in [3.8, 4) is 0 Å². The molecule has 0 radical (unpaired) electrons. The summed E-state index contributed by atoms with van der Waals surface area (Å²) in [6.45, 7) is 0. The van der Waals surface area contributed by atoms with Crippen molar-refractivity contribution in [3.63, 3.8) is 0 Å². The highest BCUT2D eigenvalue weighted by molar-refractivity contribution is 7.84. The fourth-order valence-electron chi connectivity index (χ4n) is 1.56. The van der Waals surface area contributed by atoms with Crippen LogP contribution in [-0.2, 0) is 16.6 Å². The standard InChI is InChI=1S/C13H11ClFNOS/c14-10-5-6-13(12(16)7-10)18(17)8-9-3-1-2-4-11(9)15/h1-7H,8,16H2. The summed E-state index contributed by atoms with van der Waals surface area (Å²) in [5, 5.41) is 0.485. The van der Waals surface area contributed by atoms with E-state index in [1.54, 1.807) is 30.3 Å². The number of hydrogen-bond donors (Lipinski definition) is 1. The lowest BCUT2D eigenvalue weighted by molar-refractivity contribution is 0.615. The van der Waals surface area contributed by atoms with Crippen LogP contribution >= 0.6 is 11.6 Å². The average Bonchev–Trinajstić information content (AvgIpc) is 2.32. The van der Waals surface area contributed by atoms with Gasteiger partial charge in [0.2, 0.25) is 0 Å². The van der Waals surface area contributed by atoms with Crippen molar-refractivity contribution in [3.05, 3.63) is 58.9 Å². The predicted octanol–water partition coefficient (Wildman–Crippen LogP) is 3.37. The summed E-state index contributed by atoms with van der Waals surface area (Å²) >= 11 is 5.77. The van der Waals surface area contributed by atoms with Crippen molar-refractivity contribution < 1.29 is 8.60 Å². The number of halogens is 2. The molecule has 0 spiro atoms. The van der Waals surface area contributed by atoms with Crippen molar-refractivity contribution in [2.75, 3.05) is 5.73 Å². The molecule has 0 aromatic heterocycles. The van der Waals surface area contributed by atoms with Crippen molar-refractivity contribution in [1.82, 2.24) is 0 Å². The van der Waals surface area contributed by atoms with Gasteiger partial charge in [0, 0.05) is 16.3 Å². The number of nitrogen functional groups attached to an aromatic ring is 1. The van der Waals surface area contributed by atoms with Gasteiger partial charge < -0.3 is 5.73 Å². The Bertz CT molecular complexity index is 603. The summed E-state index contributed by atoms with van der Waals surface area (Å²) in [5.41, 5.74) is 6.51. The van der Waals surface area contributed by atoms with Crippen LogP contribution in [0, 0.1) is 5.82 Å². The maximum atomic E-state index is 13.4. The van der Waals surface area contributed by atoms with E-state index in [9.17, 15) is 8.60 Å². The zero-order valence-electron chi connectivity index (χ0n) is 9.40. The van der Waals surface area contributed by atoms with Gasteiger partial charge >= 0.3 is 0 Å². The largest absolute Gasteiger partial charge is 0.398 e. The van der Waals surface area contributed by atoms with Crippen LogP contribution in [0.15, 0.2) is 47.4 Å². The first kappa shape index (κ1) is 13.1. The molecular formula is C13H11ClFNOS. The lowest BCUT2D eigenvalue weighted by Gasteiger charge is -2.07. The Kier molecular flexibility index (Phi) is 3.99. The van der Waals surface area contributed by atoms with E-state index in [4.69, 9.17) is 17.3 Å². The van der Waals surface area contributed by atoms with Crippen molar-refractivity contribution in [2.45, 2.75) is 10.6 Å². The van der Waals surface area contributed by atoms with Gasteiger partial charge in [-0.05, 0) is 24.3 Å². The minimum absolute atomic E-state index is 0.0957. The van der Waals surface area contributed by atoms with E-state index in [1.165, 1.54) is 12.1 Å². The molecule has 94 valence electrons. The summed E-state index contributed by atoms with van der Waals surface area (Å²) in [5.74, 6) is -0.267. The third-order valence-corrected chi connectivity index (χ3v) is 4.13. The van der Waals surface area contributed by atoms with Crippen molar-refractivity contribution >= 4 is 28.1 Å². The number of anilines is 1. The highest BCUT2D eigenvalue weighted by Gasteiger charge is 2.11. The molecule has 2 aromatic carbocycles. The second-order valence-electron chi connectivity index (χ2n) is 3.76. The van der Waals surface area contributed by atoms with Crippen LogP contribution in [-0.4, -0.2) is 4.21 Å². The first-order chi connectivity index (χ1) is 8.58. The summed E-state index contributed by atoms with van der Waals surface area (Å²) in [6.07, 6.45) is 0. The second-order valence-corrected chi connectivity index (χ2v) is 5.62. The summed E-state index contributed by atoms with van der Waals surface area (Å²) in [4.78, 5) is 0.475. The van der Waals surface area contributed by atoms with E-state index in [1.807, 2.05) is 0 Å². The Balaban J connectivity index is 2.25. The van der Waals surface area contributed by atoms with Crippen molar-refractivity contribution in [1.29, 1.82) is 0 Å². The van der Waals surface area contributed by atoms with Crippen LogP contribution in [0.4, 0.5) is 10.1 Å². The molecule has 2 N–H and O–H groups in total. The van der Waals surface area contributed by atoms with Crippen LogP contribution in [0.5, 0.6) is 0 Å². The second kappa shape index (κ2) is 5.50. The molecule has 0 amide bonds. The molecule has 5 heteroatoms. The molecule has 0 saturated heterocycles. The van der Waals surface area contributed by atoms with E-state index in [-0.39, 0.29) is 11.6 Å². The molecule has 0 bridgehead atoms. The van der Waals surface area contributed by atoms with Gasteiger partial charge in [0.1, 0.15) is 5.82 Å². The molecule has 2 nitrogen and oxygen atoms in total. The highest BCUT2D eigenvalue weighted by Crippen LogP contribution is 2.23. The van der Waals surface area contributed by atoms with Gasteiger partial charge in [0.25, 0.3) is 0 Å². The summed E-state index contributed by atoms with van der Waals surface area (Å²) in [6, 6.07) is 11.0. The number of benzene rings is 2. The lowest BCUT2D eigenvalue weighted by atomic mass is 10.2. The molecular weight excluding hydrogens is 273 g/mol. The quantitative estimate of drug-likeness (QED) is 0.878. The molecule has 2 aromatic rings. The lowest BCUT2D eigenvalue weighted by Crippen LogP contribution is -2.02. The van der Waals surface area contributed by atoms with Gasteiger partial charge in [0.15, 0.2) is 0 Å². The van der Waals surface area contributed by atoms with Gasteiger partial charge in [-0.1, -0.05) is 29.8 Å². The smallest absolute Gasteiger partial charge is 0.127 e. The first-order valence-electron chi connectivity index (χ1n) is 5.25. The van der Waals surface area contributed by atoms with Crippen LogP contribution < -0.4 is 5.73 Å². The highest BCUT2D eigenvalue weighted by atomic mass is 35.5. The molecule has 0 aliphatic heterocycles. The Morgan fingerprint density at radius 1 is 1.22 bits per heavy atom. The third kappa shape index (κ3) is 2.89. The predicted molar refractivity (Wildman–Crippen MR) is 72.4 cm³/mol. The van der Waals surface area contributed by atoms with E-state index >= 15 is 0 Å². The summed E-state index contributed by atoms with van der Waals surface area (Å²) < 4.78 is 25.6. The molecule has 2 rings (SSSR count). The number of nitrogens with two attached hydrogens (primary N) is 1. The fourth-order valence-corrected chi connectivity index (χ4v) is 2.96. The zero-order chi connectivity index (χ0) is 13.1. The van der Waals surface area contributed by atoms with Gasteiger partial charge in [-0.25, -0.2) is 4.39 Å². The topological polar surface area (TPSA) is 43.1 Å². The fraction of sp³-hybridized carbons (Fsp3) is 0.0769. The van der Waals surface area contributed by atoms with E-state index in [0.717, 1.165) is 0 Å². The van der Waals surface area contributed by atoms with E-state index in [2.05, 4.69) is 0 Å². The zero-order valence-corrected chi connectivity index (χ0v) is 11.0. The summed E-state index contributed by atoms with van der Waals surface area (Å²) in [7, 11) is -1.39. The van der Waals surface area contributed by atoms with Crippen LogP contribution in [0.1, 0.15) is 5.56 Å². The maximum Gasteiger partial charge on any atom is 0.127 e. The molecule has 1 atom stereocenters. The van der Waals surface area contributed by atoms with Gasteiger partial charge in [-0.15, -0.1) is 0 Å². The Hall–Kier alpha value is -1.39. The Labute approximate surface area is 112 Å². The van der Waals surface area contributed by atoms with Gasteiger partial charge in [0.05, 0.1) is 21.4 Å². The molecule has 0 fully saturated rings. The average molecular weight is 284 g/mol. The minimum Gasteiger partial charge on any atom is -0.398 e. The molecule has 0 aliphatic rings. The monoisotopic (exact) mass is 283 g/mol. The van der Waals surface area contributed by atoms with Crippen LogP contribution in [0.25, 0.3) is 0 Å². The number of rotatable bonds is 3. The van der Waals surface area contributed by atoms with Gasteiger partial charge in [-0.3, -0.25) is 4.21 Å². The normalized spacial score (nSPS) is 12.3. The molecule has 1 unspecified atom stereocenters. The first-order valence-corrected chi connectivity index (χ1v) is 6.94. The maximum absolute atomic E-state index is 13.4. The molecule has 0 heterocycles. The SMILES string of the molecule is Nc1cc(Cl)ccc1S(=O)Cc1ccccc1F. The molecule has 0 aliphatic carbocycles. The van der Waals surface area contributed by atoms with Crippen molar-refractivity contribution in [2.24, 2.45) is 0 Å². The van der Waals surface area contributed by atoms with E-state index in [0.29, 0.717) is 21.2 Å². The number of hydrogen-bond acceptors (Lipinski definition) is 2. The van der Waals surface area contributed by atoms with Crippen LogP contribution in [0.2, 0.25) is 5.02 Å². The van der Waals surface area contributed by atoms with Gasteiger partial charge in [-0.2, -0.15) is 0 Å². The van der Waals surface area contributed by atoms with E-state index < -0.39 is 10.8 Å². The molecule has 0 saturated carbocycles. The van der Waals surface area contributed by atoms with Crippen LogP contribution in [0.3, 0.4) is 0 Å².